The molecular weight excluding hydrogens is 474 g/mol. The SMILES string of the molecule is O=C(CSc1nnc(-c2cccnc2)o1)Nc1cc(S(=O)(=O)N2CCCCC2)ccc1Cl. The van der Waals surface area contributed by atoms with Gasteiger partial charge in [-0.05, 0) is 43.2 Å². The number of nitrogens with zero attached hydrogens (tertiary/aromatic N) is 4. The molecule has 1 amide bonds. The first-order valence-electron chi connectivity index (χ1n) is 9.90. The number of thioether (sulfide) groups is 1. The van der Waals surface area contributed by atoms with Crippen molar-refractivity contribution in [2.24, 2.45) is 0 Å². The van der Waals surface area contributed by atoms with Crippen molar-refractivity contribution in [3.05, 3.63) is 47.7 Å². The summed E-state index contributed by atoms with van der Waals surface area (Å²) in [6, 6.07) is 7.86. The van der Waals surface area contributed by atoms with Crippen LogP contribution in [0.2, 0.25) is 5.02 Å². The highest BCUT2D eigenvalue weighted by molar-refractivity contribution is 7.99. The van der Waals surface area contributed by atoms with E-state index in [-0.39, 0.29) is 32.5 Å². The summed E-state index contributed by atoms with van der Waals surface area (Å²) in [5.41, 5.74) is 0.909. The van der Waals surface area contributed by atoms with Crippen LogP contribution in [0.15, 0.2) is 57.3 Å². The van der Waals surface area contributed by atoms with E-state index in [1.54, 1.807) is 24.5 Å². The Bertz CT molecular complexity index is 1200. The van der Waals surface area contributed by atoms with Crippen LogP contribution in [0.25, 0.3) is 11.5 Å². The van der Waals surface area contributed by atoms with Gasteiger partial charge < -0.3 is 9.73 Å². The zero-order chi connectivity index (χ0) is 22.6. The minimum atomic E-state index is -3.64. The topological polar surface area (TPSA) is 118 Å². The fourth-order valence-electron chi connectivity index (χ4n) is 3.20. The van der Waals surface area contributed by atoms with Crippen molar-refractivity contribution in [2.45, 2.75) is 29.4 Å². The van der Waals surface area contributed by atoms with Gasteiger partial charge in [0.05, 0.1) is 26.9 Å². The van der Waals surface area contributed by atoms with Gasteiger partial charge in [-0.25, -0.2) is 8.42 Å². The maximum absolute atomic E-state index is 12.9. The lowest BCUT2D eigenvalue weighted by Gasteiger charge is -2.26. The molecule has 0 spiro atoms. The molecule has 1 aromatic carbocycles. The number of nitrogens with one attached hydrogen (secondary N) is 1. The maximum Gasteiger partial charge on any atom is 0.277 e. The standard InChI is InChI=1S/C20H20ClN5O4S2/c21-16-7-6-15(32(28,29)26-9-2-1-3-10-26)11-17(16)23-18(27)13-31-20-25-24-19(30-20)14-5-4-8-22-12-14/h4-8,11-12H,1-3,9-10,13H2,(H,23,27). The van der Waals surface area contributed by atoms with Crippen molar-refractivity contribution in [1.82, 2.24) is 19.5 Å². The van der Waals surface area contributed by atoms with Crippen molar-refractivity contribution >= 4 is 45.0 Å². The molecule has 0 radical (unpaired) electrons. The molecule has 9 nitrogen and oxygen atoms in total. The van der Waals surface area contributed by atoms with Crippen LogP contribution in [0.1, 0.15) is 19.3 Å². The fraction of sp³-hybridized carbons (Fsp3) is 0.300. The second-order valence-corrected chi connectivity index (χ2v) is 10.3. The van der Waals surface area contributed by atoms with Gasteiger partial charge in [-0.2, -0.15) is 4.31 Å². The number of aromatic nitrogens is 3. The molecule has 1 fully saturated rings. The number of benzene rings is 1. The summed E-state index contributed by atoms with van der Waals surface area (Å²) in [5.74, 6) is -0.0982. The number of sulfonamides is 1. The fourth-order valence-corrected chi connectivity index (χ4v) is 5.47. The molecule has 0 aliphatic carbocycles. The molecule has 2 aromatic heterocycles. The predicted molar refractivity (Wildman–Crippen MR) is 121 cm³/mol. The Hall–Kier alpha value is -2.47. The molecule has 168 valence electrons. The van der Waals surface area contributed by atoms with Crippen LogP contribution in [0.5, 0.6) is 0 Å². The van der Waals surface area contributed by atoms with E-state index in [0.717, 1.165) is 31.0 Å². The van der Waals surface area contributed by atoms with Crippen LogP contribution < -0.4 is 5.32 Å². The van der Waals surface area contributed by atoms with E-state index in [2.05, 4.69) is 20.5 Å². The first-order valence-corrected chi connectivity index (χ1v) is 12.7. The Labute approximate surface area is 194 Å². The molecule has 0 unspecified atom stereocenters. The number of halogens is 1. The van der Waals surface area contributed by atoms with Gasteiger partial charge in [-0.3, -0.25) is 9.78 Å². The first kappa shape index (κ1) is 22.7. The normalized spacial score (nSPS) is 14.9. The highest BCUT2D eigenvalue weighted by atomic mass is 35.5. The van der Waals surface area contributed by atoms with Crippen LogP contribution in [-0.2, 0) is 14.8 Å². The Kier molecular flexibility index (Phi) is 7.09. The quantitative estimate of drug-likeness (QED) is 0.495. The molecule has 1 aliphatic rings. The summed E-state index contributed by atoms with van der Waals surface area (Å²) in [6.45, 7) is 0.989. The number of anilines is 1. The van der Waals surface area contributed by atoms with Gasteiger partial charge in [0, 0.05) is 25.5 Å². The van der Waals surface area contributed by atoms with Crippen molar-refractivity contribution in [3.63, 3.8) is 0 Å². The lowest BCUT2D eigenvalue weighted by atomic mass is 10.2. The molecular formula is C20H20ClN5O4S2. The van der Waals surface area contributed by atoms with E-state index >= 15 is 0 Å². The van der Waals surface area contributed by atoms with Crippen molar-refractivity contribution in [1.29, 1.82) is 0 Å². The number of amides is 1. The van der Waals surface area contributed by atoms with Gasteiger partial charge in [0.15, 0.2) is 0 Å². The average molecular weight is 494 g/mol. The molecule has 1 N–H and O–H groups in total. The highest BCUT2D eigenvalue weighted by Gasteiger charge is 2.26. The van der Waals surface area contributed by atoms with Gasteiger partial charge >= 0.3 is 0 Å². The third kappa shape index (κ3) is 5.29. The minimum absolute atomic E-state index is 0.0197. The van der Waals surface area contributed by atoms with Gasteiger partial charge in [0.25, 0.3) is 5.22 Å². The Morgan fingerprint density at radius 2 is 2.00 bits per heavy atom. The number of pyridine rings is 1. The van der Waals surface area contributed by atoms with E-state index in [1.807, 2.05) is 0 Å². The summed E-state index contributed by atoms with van der Waals surface area (Å²) in [4.78, 5) is 16.5. The third-order valence-corrected chi connectivity index (χ3v) is 7.85. The average Bonchev–Trinajstić information content (AvgIpc) is 3.29. The molecule has 3 heterocycles. The van der Waals surface area contributed by atoms with Crippen molar-refractivity contribution in [3.8, 4) is 11.5 Å². The summed E-state index contributed by atoms with van der Waals surface area (Å²) in [6.07, 6.45) is 5.94. The molecule has 0 bridgehead atoms. The van der Waals surface area contributed by atoms with Crippen LogP contribution >= 0.6 is 23.4 Å². The summed E-state index contributed by atoms with van der Waals surface area (Å²) < 4.78 is 32.8. The first-order chi connectivity index (χ1) is 15.4. The van der Waals surface area contributed by atoms with Crippen LogP contribution in [-0.4, -0.2) is 52.7 Å². The lowest BCUT2D eigenvalue weighted by molar-refractivity contribution is -0.113. The van der Waals surface area contributed by atoms with Crippen LogP contribution in [0.3, 0.4) is 0 Å². The van der Waals surface area contributed by atoms with E-state index < -0.39 is 10.0 Å². The summed E-state index contributed by atoms with van der Waals surface area (Å²) in [5, 5.41) is 11.0. The molecule has 1 saturated heterocycles. The van der Waals surface area contributed by atoms with E-state index in [0.29, 0.717) is 24.5 Å². The van der Waals surface area contributed by atoms with Gasteiger partial charge in [0.1, 0.15) is 0 Å². The lowest BCUT2D eigenvalue weighted by Crippen LogP contribution is -2.35. The maximum atomic E-state index is 12.9. The number of hydrogen-bond acceptors (Lipinski definition) is 8. The minimum Gasteiger partial charge on any atom is -0.411 e. The zero-order valence-corrected chi connectivity index (χ0v) is 19.3. The van der Waals surface area contributed by atoms with Gasteiger partial charge in [-0.15, -0.1) is 10.2 Å². The predicted octanol–water partition coefficient (Wildman–Crippen LogP) is 3.69. The van der Waals surface area contributed by atoms with Gasteiger partial charge in [0.2, 0.25) is 21.8 Å². The Morgan fingerprint density at radius 1 is 1.19 bits per heavy atom. The van der Waals surface area contributed by atoms with Crippen molar-refractivity contribution in [2.75, 3.05) is 24.2 Å². The smallest absolute Gasteiger partial charge is 0.277 e. The van der Waals surface area contributed by atoms with E-state index in [9.17, 15) is 13.2 Å². The third-order valence-electron chi connectivity index (χ3n) is 4.81. The van der Waals surface area contributed by atoms with Gasteiger partial charge in [-0.1, -0.05) is 29.8 Å². The van der Waals surface area contributed by atoms with Crippen LogP contribution in [0.4, 0.5) is 5.69 Å². The zero-order valence-electron chi connectivity index (χ0n) is 16.9. The highest BCUT2D eigenvalue weighted by Crippen LogP contribution is 2.29. The second-order valence-electron chi connectivity index (χ2n) is 7.06. The molecule has 32 heavy (non-hydrogen) atoms. The molecule has 1 aliphatic heterocycles. The molecule has 12 heteroatoms. The molecule has 0 atom stereocenters. The monoisotopic (exact) mass is 493 g/mol. The number of carbonyl (C=O) groups is 1. The number of rotatable bonds is 7. The number of piperidine rings is 1. The van der Waals surface area contributed by atoms with Crippen LogP contribution in [0, 0.1) is 0 Å². The Balaban J connectivity index is 1.40. The molecule has 3 aromatic rings. The molecule has 0 saturated carbocycles. The van der Waals surface area contributed by atoms with E-state index in [1.165, 1.54) is 22.5 Å². The van der Waals surface area contributed by atoms with Crippen molar-refractivity contribution < 1.29 is 17.6 Å². The largest absolute Gasteiger partial charge is 0.411 e. The Morgan fingerprint density at radius 3 is 2.75 bits per heavy atom. The molecule has 4 rings (SSSR count). The summed E-state index contributed by atoms with van der Waals surface area (Å²) in [7, 11) is -3.64. The number of hydrogen-bond donors (Lipinski definition) is 1. The van der Waals surface area contributed by atoms with E-state index in [4.69, 9.17) is 16.0 Å². The second kappa shape index (κ2) is 9.99. The summed E-state index contributed by atoms with van der Waals surface area (Å²) >= 11 is 7.25. The number of carbonyl (C=O) groups excluding carboxylic acids is 1.